The molecule has 0 atom stereocenters. The Morgan fingerprint density at radius 3 is 2.57 bits per heavy atom. The fourth-order valence-electron chi connectivity index (χ4n) is 3.68. The topological polar surface area (TPSA) is 77.6 Å². The summed E-state index contributed by atoms with van der Waals surface area (Å²) in [5, 5.41) is 10.7. The van der Waals surface area contributed by atoms with Crippen molar-refractivity contribution in [2.24, 2.45) is 0 Å². The van der Waals surface area contributed by atoms with Crippen LogP contribution in [0.25, 0.3) is 56.2 Å². The van der Waals surface area contributed by atoms with Crippen molar-refractivity contribution in [3.63, 3.8) is 0 Å². The molecule has 2 aromatic carbocycles. The lowest BCUT2D eigenvalue weighted by molar-refractivity contribution is 0.531. The molecule has 0 N–H and O–H groups in total. The van der Waals surface area contributed by atoms with Crippen molar-refractivity contribution >= 4 is 21.9 Å². The van der Waals surface area contributed by atoms with Crippen molar-refractivity contribution in [1.82, 2.24) is 25.1 Å². The molecule has 0 unspecified atom stereocenters. The molecular weight excluding hydrogens is 374 g/mol. The molecule has 0 spiro atoms. The molecule has 0 fully saturated rings. The van der Waals surface area contributed by atoms with Gasteiger partial charge >= 0.3 is 0 Å². The Hall–Kier alpha value is -4.19. The summed E-state index contributed by atoms with van der Waals surface area (Å²) in [5.74, 6) is 0.838. The summed E-state index contributed by atoms with van der Waals surface area (Å²) in [6, 6.07) is 21.8. The average Bonchev–Trinajstić information content (AvgIpc) is 3.16. The molecule has 0 bridgehead atoms. The molecule has 0 radical (unpaired) electrons. The van der Waals surface area contributed by atoms with Crippen LogP contribution in [0.3, 0.4) is 0 Å². The number of hydrogen-bond donors (Lipinski definition) is 0. The molecule has 142 valence electrons. The SMILES string of the molecule is Cc1ccc2nc3oc(-c4cc5cccnc5nc4-c4ccccc4)nnc-3c2c1. The van der Waals surface area contributed by atoms with Crippen LogP contribution in [0, 0.1) is 6.92 Å². The molecule has 4 heterocycles. The molecule has 0 saturated heterocycles. The molecule has 6 rings (SSSR count). The van der Waals surface area contributed by atoms with Crippen molar-refractivity contribution < 1.29 is 4.42 Å². The van der Waals surface area contributed by atoms with Crippen LogP contribution >= 0.6 is 0 Å². The third kappa shape index (κ3) is 2.62. The van der Waals surface area contributed by atoms with E-state index < -0.39 is 0 Å². The second kappa shape index (κ2) is 6.42. The quantitative estimate of drug-likeness (QED) is 0.399. The fourth-order valence-corrected chi connectivity index (χ4v) is 3.68. The van der Waals surface area contributed by atoms with Gasteiger partial charge in [-0.2, -0.15) is 0 Å². The highest BCUT2D eigenvalue weighted by Gasteiger charge is 2.21. The zero-order chi connectivity index (χ0) is 20.1. The van der Waals surface area contributed by atoms with E-state index in [1.807, 2.05) is 73.7 Å². The molecule has 4 aromatic rings. The Labute approximate surface area is 171 Å². The van der Waals surface area contributed by atoms with Gasteiger partial charge in [-0.25, -0.2) is 15.0 Å². The van der Waals surface area contributed by atoms with E-state index in [9.17, 15) is 0 Å². The van der Waals surface area contributed by atoms with Crippen LogP contribution in [0.15, 0.2) is 77.3 Å². The van der Waals surface area contributed by atoms with Crippen LogP contribution in [0.4, 0.5) is 0 Å². The van der Waals surface area contributed by atoms with Gasteiger partial charge in [0.05, 0.1) is 16.8 Å². The largest absolute Gasteiger partial charge is 0.416 e. The first-order valence-corrected chi connectivity index (χ1v) is 9.61. The van der Waals surface area contributed by atoms with Crippen molar-refractivity contribution in [3.05, 3.63) is 78.5 Å². The number of pyridine rings is 2. The third-order valence-corrected chi connectivity index (χ3v) is 5.13. The number of nitrogens with zero attached hydrogens (tertiary/aromatic N) is 5. The average molecular weight is 389 g/mol. The number of rotatable bonds is 2. The van der Waals surface area contributed by atoms with Gasteiger partial charge in [-0.15, -0.1) is 10.2 Å². The van der Waals surface area contributed by atoms with Gasteiger partial charge in [0.2, 0.25) is 5.89 Å². The Morgan fingerprint density at radius 2 is 1.67 bits per heavy atom. The molecule has 6 heteroatoms. The van der Waals surface area contributed by atoms with Gasteiger partial charge in [0.15, 0.2) is 11.3 Å². The summed E-state index contributed by atoms with van der Waals surface area (Å²) in [6.07, 6.45) is 1.74. The van der Waals surface area contributed by atoms with E-state index >= 15 is 0 Å². The lowest BCUT2D eigenvalue weighted by atomic mass is 10.0. The summed E-state index contributed by atoms with van der Waals surface area (Å²) in [7, 11) is 0. The molecule has 2 aliphatic rings. The number of fused-ring (bicyclic) bond motifs is 4. The van der Waals surface area contributed by atoms with E-state index in [0.717, 1.165) is 38.7 Å². The second-order valence-electron chi connectivity index (χ2n) is 7.19. The first-order chi connectivity index (χ1) is 14.8. The molecule has 2 aromatic heterocycles. The van der Waals surface area contributed by atoms with E-state index in [1.165, 1.54) is 0 Å². The first-order valence-electron chi connectivity index (χ1n) is 9.61. The minimum Gasteiger partial charge on any atom is -0.416 e. The standard InChI is InChI=1S/C24H15N5O/c1-14-9-10-19-17(12-14)21-24(26-19)30-23(29-28-21)18-13-16-8-5-11-25-22(16)27-20(18)15-6-3-2-4-7-15/h2-13H,1H3. The third-order valence-electron chi connectivity index (χ3n) is 5.13. The summed E-state index contributed by atoms with van der Waals surface area (Å²) in [6.45, 7) is 2.04. The Morgan fingerprint density at radius 1 is 0.767 bits per heavy atom. The normalized spacial score (nSPS) is 11.5. The van der Waals surface area contributed by atoms with Crippen molar-refractivity contribution in [3.8, 4) is 34.3 Å². The molecule has 0 amide bonds. The number of aromatic nitrogens is 5. The lowest BCUT2D eigenvalue weighted by Crippen LogP contribution is -1.97. The summed E-state index contributed by atoms with van der Waals surface area (Å²) in [4.78, 5) is 13.8. The van der Waals surface area contributed by atoms with Crippen molar-refractivity contribution in [2.75, 3.05) is 0 Å². The predicted molar refractivity (Wildman–Crippen MR) is 115 cm³/mol. The van der Waals surface area contributed by atoms with Crippen molar-refractivity contribution in [1.29, 1.82) is 0 Å². The minimum absolute atomic E-state index is 0.374. The van der Waals surface area contributed by atoms with Gasteiger partial charge < -0.3 is 4.42 Å². The maximum atomic E-state index is 6.14. The molecule has 2 aliphatic heterocycles. The summed E-state index contributed by atoms with van der Waals surface area (Å²) < 4.78 is 6.14. The highest BCUT2D eigenvalue weighted by Crippen LogP contribution is 2.35. The van der Waals surface area contributed by atoms with E-state index in [1.54, 1.807) is 6.20 Å². The van der Waals surface area contributed by atoms with Gasteiger partial charge in [-0.3, -0.25) is 0 Å². The minimum atomic E-state index is 0.374. The zero-order valence-electron chi connectivity index (χ0n) is 16.1. The van der Waals surface area contributed by atoms with Gasteiger partial charge in [-0.05, 0) is 37.3 Å². The molecule has 30 heavy (non-hydrogen) atoms. The van der Waals surface area contributed by atoms with E-state index in [4.69, 9.17) is 9.40 Å². The highest BCUT2D eigenvalue weighted by molar-refractivity contribution is 5.94. The number of benzene rings is 2. The summed E-state index contributed by atoms with van der Waals surface area (Å²) >= 11 is 0. The molecule has 0 saturated carbocycles. The Kier molecular flexibility index (Phi) is 3.58. The van der Waals surface area contributed by atoms with Crippen LogP contribution in [-0.2, 0) is 0 Å². The Bertz CT molecular complexity index is 1510. The highest BCUT2D eigenvalue weighted by atomic mass is 16.4. The summed E-state index contributed by atoms with van der Waals surface area (Å²) in [5.41, 5.74) is 5.75. The van der Waals surface area contributed by atoms with Gasteiger partial charge in [0, 0.05) is 22.5 Å². The predicted octanol–water partition coefficient (Wildman–Crippen LogP) is 5.31. The van der Waals surface area contributed by atoms with Crippen molar-refractivity contribution in [2.45, 2.75) is 6.92 Å². The Balaban J connectivity index is 1.63. The maximum absolute atomic E-state index is 6.14. The molecule has 6 nitrogen and oxygen atoms in total. The lowest BCUT2D eigenvalue weighted by Gasteiger charge is -2.09. The fraction of sp³-hybridized carbons (Fsp3) is 0.0417. The van der Waals surface area contributed by atoms with Crippen LogP contribution in [0.5, 0.6) is 0 Å². The first kappa shape index (κ1) is 16.7. The number of hydrogen-bond acceptors (Lipinski definition) is 6. The van der Waals surface area contributed by atoms with Crippen LogP contribution in [0.1, 0.15) is 5.56 Å². The monoisotopic (exact) mass is 389 g/mol. The van der Waals surface area contributed by atoms with Gasteiger partial charge in [-0.1, -0.05) is 42.0 Å². The second-order valence-corrected chi connectivity index (χ2v) is 7.19. The van der Waals surface area contributed by atoms with E-state index in [0.29, 0.717) is 23.1 Å². The van der Waals surface area contributed by atoms with Gasteiger partial charge in [0.25, 0.3) is 5.89 Å². The number of aryl methyl sites for hydroxylation is 1. The van der Waals surface area contributed by atoms with Crippen LogP contribution in [-0.4, -0.2) is 25.1 Å². The van der Waals surface area contributed by atoms with Crippen LogP contribution in [0.2, 0.25) is 0 Å². The van der Waals surface area contributed by atoms with E-state index in [-0.39, 0.29) is 0 Å². The van der Waals surface area contributed by atoms with Crippen LogP contribution < -0.4 is 0 Å². The van der Waals surface area contributed by atoms with Gasteiger partial charge in [0.1, 0.15) is 0 Å². The zero-order valence-corrected chi connectivity index (χ0v) is 16.1. The smallest absolute Gasteiger partial charge is 0.250 e. The molecule has 0 aliphatic carbocycles. The maximum Gasteiger partial charge on any atom is 0.250 e. The molecular formula is C24H15N5O. The van der Waals surface area contributed by atoms with E-state index in [2.05, 4.69) is 20.2 Å².